The Kier molecular flexibility index (Phi) is 4.41. The Morgan fingerprint density at radius 2 is 1.81 bits per heavy atom. The van der Waals surface area contributed by atoms with Crippen LogP contribution in [-0.4, -0.2) is 66.5 Å². The number of nitrogens with zero attached hydrogens (tertiary/aromatic N) is 4. The van der Waals surface area contributed by atoms with Gasteiger partial charge in [-0.3, -0.25) is 9.80 Å². The smallest absolute Gasteiger partial charge is 0.414 e. The second kappa shape index (κ2) is 6.88. The maximum absolute atomic E-state index is 12.0. The first-order chi connectivity index (χ1) is 13.1. The number of aromatic nitrogens is 1. The molecule has 3 amide bonds. The van der Waals surface area contributed by atoms with Gasteiger partial charge >= 0.3 is 12.1 Å². The molecule has 27 heavy (non-hydrogen) atoms. The van der Waals surface area contributed by atoms with Crippen molar-refractivity contribution < 1.29 is 19.4 Å². The molecule has 8 nitrogen and oxygen atoms in total. The van der Waals surface area contributed by atoms with E-state index in [1.807, 2.05) is 36.4 Å². The third-order valence-electron chi connectivity index (χ3n) is 4.83. The van der Waals surface area contributed by atoms with E-state index in [1.165, 1.54) is 4.90 Å². The van der Waals surface area contributed by atoms with Crippen molar-refractivity contribution >= 4 is 23.6 Å². The van der Waals surface area contributed by atoms with Gasteiger partial charge < -0.3 is 14.7 Å². The molecule has 0 saturated carbocycles. The van der Waals surface area contributed by atoms with Crippen LogP contribution in [0.2, 0.25) is 0 Å². The number of hydrogen-bond acceptors (Lipinski definition) is 5. The average molecular weight is 368 g/mol. The average Bonchev–Trinajstić information content (AvgIpc) is 3.24. The van der Waals surface area contributed by atoms with Gasteiger partial charge in [0.15, 0.2) is 0 Å². The molecule has 1 atom stereocenters. The topological polar surface area (TPSA) is 86.2 Å². The lowest BCUT2D eigenvalue weighted by molar-refractivity contribution is 0.0963. The molecule has 4 rings (SSSR count). The predicted molar refractivity (Wildman–Crippen MR) is 99.7 cm³/mol. The third-order valence-corrected chi connectivity index (χ3v) is 4.83. The van der Waals surface area contributed by atoms with Crippen LogP contribution < -0.4 is 9.80 Å². The maximum Gasteiger partial charge on any atom is 0.414 e. The SMILES string of the molecule is CN1CCN(c2ccc(-c3ccc(N4C[C@H](CO)OC4=O)cc3)cn2)C1=O. The molecule has 2 aliphatic rings. The molecule has 1 aromatic heterocycles. The van der Waals surface area contributed by atoms with Crippen LogP contribution in [-0.2, 0) is 4.74 Å². The number of aliphatic hydroxyl groups is 1. The van der Waals surface area contributed by atoms with E-state index in [4.69, 9.17) is 9.84 Å². The van der Waals surface area contributed by atoms with Crippen LogP contribution in [0.1, 0.15) is 0 Å². The van der Waals surface area contributed by atoms with Crippen molar-refractivity contribution in [3.63, 3.8) is 0 Å². The second-order valence-electron chi connectivity index (χ2n) is 6.61. The van der Waals surface area contributed by atoms with Gasteiger partial charge in [-0.2, -0.15) is 0 Å². The zero-order chi connectivity index (χ0) is 19.0. The number of carbonyl (C=O) groups excluding carboxylic acids is 2. The van der Waals surface area contributed by atoms with Crippen molar-refractivity contribution in [2.24, 2.45) is 0 Å². The minimum absolute atomic E-state index is 0.0433. The molecule has 8 heteroatoms. The monoisotopic (exact) mass is 368 g/mol. The minimum atomic E-state index is -0.485. The number of rotatable bonds is 4. The summed E-state index contributed by atoms with van der Waals surface area (Å²) < 4.78 is 5.06. The molecule has 0 radical (unpaired) electrons. The van der Waals surface area contributed by atoms with Crippen molar-refractivity contribution in [1.82, 2.24) is 9.88 Å². The maximum atomic E-state index is 12.0. The van der Waals surface area contributed by atoms with E-state index in [-0.39, 0.29) is 12.6 Å². The van der Waals surface area contributed by atoms with Crippen LogP contribution >= 0.6 is 0 Å². The summed E-state index contributed by atoms with van der Waals surface area (Å²) in [6.07, 6.45) is 0.802. The molecule has 2 aromatic rings. The van der Waals surface area contributed by atoms with E-state index in [0.717, 1.165) is 16.8 Å². The summed E-state index contributed by atoms with van der Waals surface area (Å²) in [4.78, 5) is 33.2. The van der Waals surface area contributed by atoms with E-state index in [1.54, 1.807) is 23.0 Å². The van der Waals surface area contributed by atoms with Gasteiger partial charge in [-0.25, -0.2) is 14.6 Å². The molecule has 1 N–H and O–H groups in total. The summed E-state index contributed by atoms with van der Waals surface area (Å²) in [5.41, 5.74) is 2.59. The van der Waals surface area contributed by atoms with Crippen molar-refractivity contribution in [3.05, 3.63) is 42.6 Å². The number of carbonyl (C=O) groups is 2. The molecular formula is C19H20N4O4. The number of hydrogen-bond donors (Lipinski definition) is 1. The van der Waals surface area contributed by atoms with E-state index in [9.17, 15) is 9.59 Å². The molecule has 1 aromatic carbocycles. The highest BCUT2D eigenvalue weighted by Crippen LogP contribution is 2.27. The largest absolute Gasteiger partial charge is 0.441 e. The van der Waals surface area contributed by atoms with Crippen LogP contribution in [0.15, 0.2) is 42.6 Å². The summed E-state index contributed by atoms with van der Waals surface area (Å²) >= 11 is 0. The Bertz CT molecular complexity index is 853. The fraction of sp³-hybridized carbons (Fsp3) is 0.316. The molecule has 0 spiro atoms. The molecular weight excluding hydrogens is 348 g/mol. The zero-order valence-corrected chi connectivity index (χ0v) is 14.9. The standard InChI is InChI=1S/C19H20N4O4/c1-21-8-9-22(18(21)25)17-7-4-14(10-20-17)13-2-5-15(6-3-13)23-11-16(12-24)27-19(23)26/h2-7,10,16,24H,8-9,11-12H2,1H3/t16-/m1/s1. The first kappa shape index (κ1) is 17.3. The van der Waals surface area contributed by atoms with E-state index in [0.29, 0.717) is 25.5 Å². The van der Waals surface area contributed by atoms with Gasteiger partial charge in [-0.1, -0.05) is 12.1 Å². The molecule has 0 aliphatic carbocycles. The number of aliphatic hydroxyl groups excluding tert-OH is 1. The van der Waals surface area contributed by atoms with Crippen LogP contribution in [0.3, 0.4) is 0 Å². The van der Waals surface area contributed by atoms with Gasteiger partial charge in [0.2, 0.25) is 0 Å². The second-order valence-corrected chi connectivity index (χ2v) is 6.61. The van der Waals surface area contributed by atoms with Crippen LogP contribution in [0.5, 0.6) is 0 Å². The molecule has 2 aliphatic heterocycles. The number of likely N-dealkylation sites (N-methyl/N-ethyl adjacent to an activating group) is 1. The summed E-state index contributed by atoms with van der Waals surface area (Å²) in [5, 5.41) is 9.14. The lowest BCUT2D eigenvalue weighted by atomic mass is 10.1. The zero-order valence-electron chi connectivity index (χ0n) is 14.9. The van der Waals surface area contributed by atoms with Gasteiger partial charge in [0.25, 0.3) is 0 Å². The molecule has 2 fully saturated rings. The lowest BCUT2D eigenvalue weighted by Gasteiger charge is -2.15. The Labute approximate surface area is 156 Å². The summed E-state index contributed by atoms with van der Waals surface area (Å²) in [6.45, 7) is 1.48. The fourth-order valence-corrected chi connectivity index (χ4v) is 3.24. The fourth-order valence-electron chi connectivity index (χ4n) is 3.24. The highest BCUT2D eigenvalue weighted by Gasteiger charge is 2.31. The highest BCUT2D eigenvalue weighted by atomic mass is 16.6. The molecule has 2 saturated heterocycles. The van der Waals surface area contributed by atoms with Gasteiger partial charge in [-0.15, -0.1) is 0 Å². The minimum Gasteiger partial charge on any atom is -0.441 e. The molecule has 3 heterocycles. The number of amides is 3. The number of cyclic esters (lactones) is 1. The normalized spacial score (nSPS) is 19.8. The molecule has 0 unspecified atom stereocenters. The van der Waals surface area contributed by atoms with Crippen LogP contribution in [0, 0.1) is 0 Å². The third kappa shape index (κ3) is 3.19. The van der Waals surface area contributed by atoms with Crippen molar-refractivity contribution in [2.45, 2.75) is 6.10 Å². The van der Waals surface area contributed by atoms with E-state index >= 15 is 0 Å². The van der Waals surface area contributed by atoms with Gasteiger partial charge in [0.05, 0.1) is 13.2 Å². The van der Waals surface area contributed by atoms with Crippen molar-refractivity contribution in [2.75, 3.05) is 43.1 Å². The van der Waals surface area contributed by atoms with E-state index in [2.05, 4.69) is 4.98 Å². The molecule has 0 bridgehead atoms. The van der Waals surface area contributed by atoms with Gasteiger partial charge in [0.1, 0.15) is 11.9 Å². The van der Waals surface area contributed by atoms with Gasteiger partial charge in [0, 0.05) is 37.6 Å². The van der Waals surface area contributed by atoms with Crippen molar-refractivity contribution in [3.8, 4) is 11.1 Å². The first-order valence-corrected chi connectivity index (χ1v) is 8.75. The van der Waals surface area contributed by atoms with E-state index < -0.39 is 12.2 Å². The lowest BCUT2D eigenvalue weighted by Crippen LogP contribution is -2.29. The molecule has 140 valence electrons. The van der Waals surface area contributed by atoms with Crippen molar-refractivity contribution in [1.29, 1.82) is 0 Å². The number of benzene rings is 1. The van der Waals surface area contributed by atoms with Gasteiger partial charge in [-0.05, 0) is 29.8 Å². The highest BCUT2D eigenvalue weighted by molar-refractivity contribution is 5.93. The number of ether oxygens (including phenoxy) is 1. The quantitative estimate of drug-likeness (QED) is 0.891. The number of anilines is 2. The first-order valence-electron chi connectivity index (χ1n) is 8.75. The summed E-state index contributed by atoms with van der Waals surface area (Å²) in [5.74, 6) is 0.638. The number of pyridine rings is 1. The Balaban J connectivity index is 1.49. The summed E-state index contributed by atoms with van der Waals surface area (Å²) in [7, 11) is 1.77. The Hall–Kier alpha value is -3.13. The Morgan fingerprint density at radius 3 is 2.37 bits per heavy atom. The summed E-state index contributed by atoms with van der Waals surface area (Å²) in [6, 6.07) is 11.2. The number of urea groups is 1. The Morgan fingerprint density at radius 1 is 1.07 bits per heavy atom. The van der Waals surface area contributed by atoms with Crippen LogP contribution in [0.4, 0.5) is 21.1 Å². The van der Waals surface area contributed by atoms with Crippen LogP contribution in [0.25, 0.3) is 11.1 Å². The predicted octanol–water partition coefficient (Wildman–Crippen LogP) is 1.94.